The van der Waals surface area contributed by atoms with E-state index in [9.17, 15) is 4.39 Å². The fourth-order valence-corrected chi connectivity index (χ4v) is 3.58. The maximum Gasteiger partial charge on any atom is 0.131 e. The Morgan fingerprint density at radius 1 is 1.29 bits per heavy atom. The lowest BCUT2D eigenvalue weighted by Gasteiger charge is -2.31. The van der Waals surface area contributed by atoms with Crippen LogP contribution in [0.5, 0.6) is 5.75 Å². The van der Waals surface area contributed by atoms with E-state index in [1.165, 1.54) is 44.6 Å². The molecule has 0 saturated heterocycles. The Morgan fingerprint density at radius 3 is 2.62 bits per heavy atom. The molecular formula is C18H28FNO. The molecule has 0 heterocycles. The lowest BCUT2D eigenvalue weighted by molar-refractivity contribution is 0.263. The molecule has 1 fully saturated rings. The summed E-state index contributed by atoms with van der Waals surface area (Å²) in [5, 5.41) is 3.59. The molecule has 0 spiro atoms. The van der Waals surface area contributed by atoms with Gasteiger partial charge in [0.25, 0.3) is 0 Å². The Balaban J connectivity index is 1.95. The molecule has 1 unspecified atom stereocenters. The number of benzene rings is 1. The van der Waals surface area contributed by atoms with Gasteiger partial charge < -0.3 is 10.1 Å². The molecular weight excluding hydrogens is 265 g/mol. The number of hydrogen-bond donors (Lipinski definition) is 1. The Morgan fingerprint density at radius 2 is 2.00 bits per heavy atom. The smallest absolute Gasteiger partial charge is 0.131 e. The van der Waals surface area contributed by atoms with Gasteiger partial charge in [0.15, 0.2) is 0 Å². The molecule has 0 amide bonds. The van der Waals surface area contributed by atoms with Gasteiger partial charge in [-0.1, -0.05) is 25.8 Å². The quantitative estimate of drug-likeness (QED) is 0.810. The summed E-state index contributed by atoms with van der Waals surface area (Å²) in [6.45, 7) is 4.29. The summed E-state index contributed by atoms with van der Waals surface area (Å²) in [6, 6.07) is 5.51. The van der Waals surface area contributed by atoms with Crippen molar-refractivity contribution in [2.24, 2.45) is 5.92 Å². The van der Waals surface area contributed by atoms with Crippen LogP contribution in [0.3, 0.4) is 0 Å². The third-order valence-corrected chi connectivity index (χ3v) is 4.70. The maximum atomic E-state index is 14.1. The largest absolute Gasteiger partial charge is 0.496 e. The lowest BCUT2D eigenvalue weighted by atomic mass is 9.83. The first-order chi connectivity index (χ1) is 10.2. The van der Waals surface area contributed by atoms with E-state index in [0.29, 0.717) is 17.4 Å². The Bertz CT molecular complexity index is 441. The third kappa shape index (κ3) is 4.19. The fourth-order valence-electron chi connectivity index (χ4n) is 3.58. The number of methoxy groups -OCH3 is 1. The van der Waals surface area contributed by atoms with Crippen LogP contribution < -0.4 is 10.1 Å². The van der Waals surface area contributed by atoms with Crippen LogP contribution in [0.25, 0.3) is 0 Å². The van der Waals surface area contributed by atoms with E-state index in [-0.39, 0.29) is 11.9 Å². The molecule has 21 heavy (non-hydrogen) atoms. The summed E-state index contributed by atoms with van der Waals surface area (Å²) in [6.07, 6.45) is 7.63. The van der Waals surface area contributed by atoms with Crippen LogP contribution in [0.1, 0.15) is 64.0 Å². The van der Waals surface area contributed by atoms with Gasteiger partial charge in [-0.2, -0.15) is 0 Å². The topological polar surface area (TPSA) is 21.3 Å². The summed E-state index contributed by atoms with van der Waals surface area (Å²) in [5.41, 5.74) is 0.649. The second kappa shape index (κ2) is 7.79. The number of nitrogens with one attached hydrogen (secondary N) is 1. The van der Waals surface area contributed by atoms with Gasteiger partial charge >= 0.3 is 0 Å². The van der Waals surface area contributed by atoms with Crippen molar-refractivity contribution in [1.29, 1.82) is 0 Å². The molecule has 2 rings (SSSR count). The van der Waals surface area contributed by atoms with Crippen LogP contribution in [0.2, 0.25) is 0 Å². The maximum absolute atomic E-state index is 14.1. The predicted molar refractivity (Wildman–Crippen MR) is 85.2 cm³/mol. The van der Waals surface area contributed by atoms with E-state index < -0.39 is 0 Å². The molecule has 0 bridgehead atoms. The molecule has 1 saturated carbocycles. The van der Waals surface area contributed by atoms with E-state index in [4.69, 9.17) is 4.74 Å². The number of ether oxygens (including phenoxy) is 1. The van der Waals surface area contributed by atoms with E-state index >= 15 is 0 Å². The molecule has 1 aromatic carbocycles. The Labute approximate surface area is 128 Å². The first-order valence-corrected chi connectivity index (χ1v) is 8.24. The lowest BCUT2D eigenvalue weighted by Crippen LogP contribution is -2.35. The van der Waals surface area contributed by atoms with Gasteiger partial charge in [0, 0.05) is 17.6 Å². The molecule has 0 aliphatic heterocycles. The van der Waals surface area contributed by atoms with E-state index in [0.717, 1.165) is 5.92 Å². The van der Waals surface area contributed by atoms with E-state index in [1.54, 1.807) is 13.2 Å². The highest BCUT2D eigenvalue weighted by Gasteiger charge is 2.24. The molecule has 118 valence electrons. The summed E-state index contributed by atoms with van der Waals surface area (Å²) in [7, 11) is 1.60. The SMILES string of the molecule is CCCC1CCC(NC(C)c2c(F)cccc2OC)CC1. The van der Waals surface area contributed by atoms with Crippen LogP contribution in [0.15, 0.2) is 18.2 Å². The highest BCUT2D eigenvalue weighted by molar-refractivity contribution is 5.37. The van der Waals surface area contributed by atoms with Gasteiger partial charge in [-0.15, -0.1) is 0 Å². The van der Waals surface area contributed by atoms with Gasteiger partial charge in [0.2, 0.25) is 0 Å². The van der Waals surface area contributed by atoms with Crippen LogP contribution in [-0.2, 0) is 0 Å². The minimum absolute atomic E-state index is 0.0196. The van der Waals surface area contributed by atoms with E-state index in [2.05, 4.69) is 12.2 Å². The molecule has 1 N–H and O–H groups in total. The number of halogens is 1. The van der Waals surface area contributed by atoms with Crippen molar-refractivity contribution < 1.29 is 9.13 Å². The minimum atomic E-state index is -0.186. The molecule has 2 nitrogen and oxygen atoms in total. The second-order valence-electron chi connectivity index (χ2n) is 6.25. The average molecular weight is 293 g/mol. The van der Waals surface area contributed by atoms with Gasteiger partial charge in [-0.3, -0.25) is 0 Å². The highest BCUT2D eigenvalue weighted by atomic mass is 19.1. The molecule has 0 aromatic heterocycles. The second-order valence-corrected chi connectivity index (χ2v) is 6.25. The number of hydrogen-bond acceptors (Lipinski definition) is 2. The van der Waals surface area contributed by atoms with Crippen LogP contribution >= 0.6 is 0 Å². The Hall–Kier alpha value is -1.09. The first kappa shape index (κ1) is 16.3. The third-order valence-electron chi connectivity index (χ3n) is 4.70. The van der Waals surface area contributed by atoms with Crippen molar-refractivity contribution in [2.75, 3.05) is 7.11 Å². The summed E-state index contributed by atoms with van der Waals surface area (Å²) in [5.74, 6) is 1.34. The summed E-state index contributed by atoms with van der Waals surface area (Å²) >= 11 is 0. The normalized spacial score (nSPS) is 23.8. The summed E-state index contributed by atoms with van der Waals surface area (Å²) < 4.78 is 19.4. The molecule has 3 heteroatoms. The highest BCUT2D eigenvalue weighted by Crippen LogP contribution is 2.32. The zero-order chi connectivity index (χ0) is 15.2. The zero-order valence-electron chi connectivity index (χ0n) is 13.5. The van der Waals surface area contributed by atoms with Crippen molar-refractivity contribution in [2.45, 2.75) is 64.5 Å². The molecule has 0 radical (unpaired) electrons. The monoisotopic (exact) mass is 293 g/mol. The zero-order valence-corrected chi connectivity index (χ0v) is 13.5. The van der Waals surface area contributed by atoms with Crippen molar-refractivity contribution in [3.05, 3.63) is 29.6 Å². The van der Waals surface area contributed by atoms with Crippen molar-refractivity contribution >= 4 is 0 Å². The molecule has 1 atom stereocenters. The van der Waals surface area contributed by atoms with Crippen molar-refractivity contribution in [1.82, 2.24) is 5.32 Å². The standard InChI is InChI=1S/C18H28FNO/c1-4-6-14-9-11-15(12-10-14)20-13(2)18-16(19)7-5-8-17(18)21-3/h5,7-8,13-15,20H,4,6,9-12H2,1-3H3. The minimum Gasteiger partial charge on any atom is -0.496 e. The first-order valence-electron chi connectivity index (χ1n) is 8.24. The Kier molecular flexibility index (Phi) is 6.04. The molecule has 1 aliphatic rings. The van der Waals surface area contributed by atoms with Crippen LogP contribution in [-0.4, -0.2) is 13.2 Å². The summed E-state index contributed by atoms with van der Waals surface area (Å²) in [4.78, 5) is 0. The van der Waals surface area contributed by atoms with Gasteiger partial charge in [-0.05, 0) is 50.7 Å². The molecule has 1 aromatic rings. The van der Waals surface area contributed by atoms with Crippen molar-refractivity contribution in [3.63, 3.8) is 0 Å². The van der Waals surface area contributed by atoms with Gasteiger partial charge in [0.1, 0.15) is 11.6 Å². The van der Waals surface area contributed by atoms with E-state index in [1.807, 2.05) is 13.0 Å². The van der Waals surface area contributed by atoms with Gasteiger partial charge in [-0.25, -0.2) is 4.39 Å². The fraction of sp³-hybridized carbons (Fsp3) is 0.667. The van der Waals surface area contributed by atoms with Crippen molar-refractivity contribution in [3.8, 4) is 5.75 Å². The average Bonchev–Trinajstić information content (AvgIpc) is 2.49. The van der Waals surface area contributed by atoms with Crippen LogP contribution in [0.4, 0.5) is 4.39 Å². The van der Waals surface area contributed by atoms with Gasteiger partial charge in [0.05, 0.1) is 7.11 Å². The number of rotatable bonds is 6. The molecule has 1 aliphatic carbocycles. The predicted octanol–water partition coefficient (Wildman–Crippen LogP) is 4.84. The van der Waals surface area contributed by atoms with Crippen LogP contribution in [0, 0.1) is 11.7 Å².